The summed E-state index contributed by atoms with van der Waals surface area (Å²) in [6.07, 6.45) is 0.591. The second-order valence-corrected chi connectivity index (χ2v) is 8.71. The summed E-state index contributed by atoms with van der Waals surface area (Å²) in [4.78, 5) is 23.8. The van der Waals surface area contributed by atoms with Gasteiger partial charge >= 0.3 is 5.97 Å². The molecule has 32 heavy (non-hydrogen) atoms. The van der Waals surface area contributed by atoms with E-state index in [1.807, 2.05) is 22.6 Å². The van der Waals surface area contributed by atoms with E-state index in [4.69, 9.17) is 33.2 Å². The highest BCUT2D eigenvalue weighted by Gasteiger charge is 2.59. The first kappa shape index (κ1) is 24.9. The van der Waals surface area contributed by atoms with Gasteiger partial charge in [0.2, 0.25) is 11.6 Å². The Labute approximate surface area is 200 Å². The van der Waals surface area contributed by atoms with Crippen molar-refractivity contribution in [3.05, 3.63) is 32.9 Å². The van der Waals surface area contributed by atoms with Crippen LogP contribution in [0.3, 0.4) is 0 Å². The van der Waals surface area contributed by atoms with Crippen LogP contribution in [0.15, 0.2) is 23.8 Å². The number of carbonyl (C=O) groups excluding carboxylic acids is 2. The van der Waals surface area contributed by atoms with Crippen LogP contribution in [-0.4, -0.2) is 70.6 Å². The molecule has 9 nitrogen and oxygen atoms in total. The van der Waals surface area contributed by atoms with E-state index in [1.54, 1.807) is 32.1 Å². The van der Waals surface area contributed by atoms with Gasteiger partial charge in [0.05, 0.1) is 23.9 Å². The van der Waals surface area contributed by atoms with Crippen molar-refractivity contribution in [2.24, 2.45) is 0 Å². The average Bonchev–Trinajstić information content (AvgIpc) is 2.80. The van der Waals surface area contributed by atoms with Crippen LogP contribution in [-0.2, 0) is 28.5 Å². The van der Waals surface area contributed by atoms with E-state index < -0.39 is 35.9 Å². The van der Waals surface area contributed by atoms with Gasteiger partial charge in [-0.3, -0.25) is 4.79 Å². The molecule has 0 spiro atoms. The molecule has 0 amide bonds. The minimum Gasteiger partial charge on any atom is -0.493 e. The predicted octanol–water partition coefficient (Wildman–Crippen LogP) is 2.87. The molecule has 1 heterocycles. The molecule has 10 heteroatoms. The lowest BCUT2D eigenvalue weighted by atomic mass is 9.89. The average molecular weight is 562 g/mol. The number of ether oxygens (including phenoxy) is 7. The lowest BCUT2D eigenvalue weighted by Gasteiger charge is -2.54. The number of methoxy groups -OCH3 is 4. The monoisotopic (exact) mass is 562 g/mol. The molecule has 1 aromatic rings. The molecule has 176 valence electrons. The largest absolute Gasteiger partial charge is 0.493 e. The fraction of sp³-hybridized carbons (Fsp3) is 0.545. The van der Waals surface area contributed by atoms with Crippen LogP contribution in [0.25, 0.3) is 0 Å². The molecule has 1 saturated heterocycles. The Morgan fingerprint density at radius 2 is 1.78 bits per heavy atom. The van der Waals surface area contributed by atoms with Crippen LogP contribution < -0.4 is 9.47 Å². The first-order valence-electron chi connectivity index (χ1n) is 9.90. The summed E-state index contributed by atoms with van der Waals surface area (Å²) in [5.41, 5.74) is 0.822. The molecule has 1 aromatic carbocycles. The van der Waals surface area contributed by atoms with Crippen molar-refractivity contribution in [3.63, 3.8) is 0 Å². The van der Waals surface area contributed by atoms with E-state index in [2.05, 4.69) is 0 Å². The Bertz CT molecular complexity index is 917. The summed E-state index contributed by atoms with van der Waals surface area (Å²) in [5, 5.41) is 0. The third-order valence-electron chi connectivity index (χ3n) is 5.96. The third kappa shape index (κ3) is 4.26. The van der Waals surface area contributed by atoms with Gasteiger partial charge in [-0.05, 0) is 54.6 Å². The van der Waals surface area contributed by atoms with Crippen LogP contribution in [0.1, 0.15) is 30.6 Å². The maximum atomic E-state index is 12.4. The number of fused-ring (bicyclic) bond motifs is 1. The maximum Gasteiger partial charge on any atom is 0.333 e. The van der Waals surface area contributed by atoms with Gasteiger partial charge in [-0.15, -0.1) is 0 Å². The second kappa shape index (κ2) is 9.64. The van der Waals surface area contributed by atoms with E-state index in [0.29, 0.717) is 26.2 Å². The van der Waals surface area contributed by atoms with E-state index in [9.17, 15) is 9.59 Å². The van der Waals surface area contributed by atoms with Gasteiger partial charge in [-0.25, -0.2) is 4.79 Å². The molecule has 0 bridgehead atoms. The van der Waals surface area contributed by atoms with Crippen LogP contribution in [0.5, 0.6) is 11.5 Å². The molecule has 1 fully saturated rings. The molecule has 5 atom stereocenters. The smallest absolute Gasteiger partial charge is 0.333 e. The molecule has 0 unspecified atom stereocenters. The van der Waals surface area contributed by atoms with Gasteiger partial charge in [-0.1, -0.05) is 0 Å². The first-order valence-corrected chi connectivity index (χ1v) is 11.0. The van der Waals surface area contributed by atoms with Gasteiger partial charge in [0.25, 0.3) is 0 Å². The summed E-state index contributed by atoms with van der Waals surface area (Å²) < 4.78 is 41.1. The first-order chi connectivity index (χ1) is 15.2. The molecule has 0 aromatic heterocycles. The minimum atomic E-state index is -1.26. The highest BCUT2D eigenvalue weighted by molar-refractivity contribution is 14.1. The van der Waals surface area contributed by atoms with Gasteiger partial charge in [0.15, 0.2) is 17.8 Å². The van der Waals surface area contributed by atoms with Crippen molar-refractivity contribution < 1.29 is 42.7 Å². The number of aldehydes is 1. The molecule has 1 aliphatic carbocycles. The fourth-order valence-electron chi connectivity index (χ4n) is 3.82. The summed E-state index contributed by atoms with van der Waals surface area (Å²) in [7, 11) is 5.80. The Morgan fingerprint density at radius 3 is 2.34 bits per heavy atom. The van der Waals surface area contributed by atoms with Crippen LogP contribution in [0, 0.1) is 3.57 Å². The van der Waals surface area contributed by atoms with Crippen molar-refractivity contribution >= 4 is 34.8 Å². The Balaban J connectivity index is 2.07. The molecule has 0 saturated carbocycles. The van der Waals surface area contributed by atoms with Crippen LogP contribution in [0.2, 0.25) is 0 Å². The summed E-state index contributed by atoms with van der Waals surface area (Å²) in [6, 6.07) is 3.29. The molecule has 1 aliphatic heterocycles. The van der Waals surface area contributed by atoms with Gasteiger partial charge < -0.3 is 33.2 Å². The van der Waals surface area contributed by atoms with Crippen molar-refractivity contribution in [1.82, 2.24) is 0 Å². The zero-order chi connectivity index (χ0) is 23.7. The summed E-state index contributed by atoms with van der Waals surface area (Å²) in [6.45, 7) is 3.42. The number of carbonyl (C=O) groups is 2. The van der Waals surface area contributed by atoms with Crippen molar-refractivity contribution in [1.29, 1.82) is 0 Å². The molecule has 0 radical (unpaired) electrons. The van der Waals surface area contributed by atoms with Gasteiger partial charge in [-0.2, -0.15) is 0 Å². The number of rotatable bonds is 7. The lowest BCUT2D eigenvalue weighted by molar-refractivity contribution is -0.452. The number of benzene rings is 1. The number of hydrogen-bond donors (Lipinski definition) is 0. The number of esters is 1. The highest BCUT2D eigenvalue weighted by atomic mass is 127. The van der Waals surface area contributed by atoms with Gasteiger partial charge in [0.1, 0.15) is 12.2 Å². The quantitative estimate of drug-likeness (QED) is 0.282. The molecule has 3 rings (SSSR count). The van der Waals surface area contributed by atoms with Crippen LogP contribution in [0.4, 0.5) is 0 Å². The van der Waals surface area contributed by atoms with Crippen LogP contribution >= 0.6 is 22.6 Å². The lowest BCUT2D eigenvalue weighted by Crippen LogP contribution is -2.68. The van der Waals surface area contributed by atoms with Crippen molar-refractivity contribution in [2.75, 3.05) is 28.4 Å². The van der Waals surface area contributed by atoms with E-state index in [1.165, 1.54) is 28.4 Å². The maximum absolute atomic E-state index is 12.4. The third-order valence-corrected chi connectivity index (χ3v) is 7.07. The van der Waals surface area contributed by atoms with E-state index >= 15 is 0 Å². The number of halogens is 1. The van der Waals surface area contributed by atoms with Crippen molar-refractivity contribution in [2.45, 2.75) is 50.2 Å². The number of hydrogen-bond acceptors (Lipinski definition) is 9. The minimum absolute atomic E-state index is 0.235. The highest BCUT2D eigenvalue weighted by Crippen LogP contribution is 2.45. The van der Waals surface area contributed by atoms with E-state index in [-0.39, 0.29) is 6.42 Å². The normalized spacial score (nSPS) is 31.8. The Hall–Kier alpha value is -1.73. The zero-order valence-corrected chi connectivity index (χ0v) is 21.0. The Morgan fingerprint density at radius 1 is 1.12 bits per heavy atom. The summed E-state index contributed by atoms with van der Waals surface area (Å²) in [5.74, 6) is -2.21. The fourth-order valence-corrected chi connectivity index (χ4v) is 4.52. The van der Waals surface area contributed by atoms with Gasteiger partial charge in [0, 0.05) is 31.8 Å². The van der Waals surface area contributed by atoms with E-state index in [0.717, 1.165) is 6.29 Å². The SMILES string of the molecule is COC(=O)C1=C[C@@H](Oc2c(OC)ccc(C=O)c2I)[C@H]2O[C@](C)(OC)[C@@](C)(OC)O[C@@H]2C1. The summed E-state index contributed by atoms with van der Waals surface area (Å²) >= 11 is 2.02. The molecular weight excluding hydrogens is 535 g/mol. The zero-order valence-electron chi connectivity index (χ0n) is 18.8. The van der Waals surface area contributed by atoms with Crippen molar-refractivity contribution in [3.8, 4) is 11.5 Å². The topological polar surface area (TPSA) is 98.8 Å². The molecular formula is C22H27IO9. The molecule has 0 N–H and O–H groups in total. The molecule has 2 aliphatic rings. The predicted molar refractivity (Wildman–Crippen MR) is 121 cm³/mol. The second-order valence-electron chi connectivity index (χ2n) is 7.63. The Kier molecular flexibility index (Phi) is 7.50. The standard InChI is InChI=1S/C22H27IO9/c1-21(28-5)22(2,29-6)32-18-15(9-13(20(25)27-4)10-16(18)31-21)30-19-14(26-3)8-7-12(11-24)17(19)23/h7-9,11,15-16,18H,10H2,1-6H3/t15-,16-,18-,21+,22+/m1/s1.